The number of aryl methyl sites for hydroxylation is 1. The van der Waals surface area contributed by atoms with E-state index in [9.17, 15) is 13.2 Å². The Morgan fingerprint density at radius 3 is 2.41 bits per heavy atom. The van der Waals surface area contributed by atoms with Gasteiger partial charge < -0.3 is 4.90 Å². The summed E-state index contributed by atoms with van der Waals surface area (Å²) in [7, 11) is -3.53. The third kappa shape index (κ3) is 3.88. The molecule has 0 atom stereocenters. The highest BCUT2D eigenvalue weighted by Crippen LogP contribution is 2.31. The largest absolute Gasteiger partial charge is 0.308 e. The van der Waals surface area contributed by atoms with Crippen molar-refractivity contribution in [1.82, 2.24) is 4.31 Å². The Morgan fingerprint density at radius 2 is 1.78 bits per heavy atom. The lowest BCUT2D eigenvalue weighted by Gasteiger charge is -2.29. The highest BCUT2D eigenvalue weighted by Gasteiger charge is 2.25. The van der Waals surface area contributed by atoms with E-state index in [1.165, 1.54) is 16.4 Å². The van der Waals surface area contributed by atoms with Gasteiger partial charge >= 0.3 is 0 Å². The number of amides is 1. The van der Waals surface area contributed by atoms with E-state index < -0.39 is 10.0 Å². The highest BCUT2D eigenvalue weighted by molar-refractivity contribution is 7.89. The van der Waals surface area contributed by atoms with Gasteiger partial charge in [0.25, 0.3) is 5.91 Å². The first kappa shape index (κ1) is 19.9. The Balaban J connectivity index is 1.88. The highest BCUT2D eigenvalue weighted by atomic mass is 35.5. The van der Waals surface area contributed by atoms with Crippen LogP contribution in [-0.2, 0) is 16.4 Å². The topological polar surface area (TPSA) is 57.7 Å². The fourth-order valence-electron chi connectivity index (χ4n) is 3.41. The first-order valence-electron chi connectivity index (χ1n) is 9.09. The molecule has 0 bridgehead atoms. The van der Waals surface area contributed by atoms with Gasteiger partial charge in [-0.05, 0) is 60.9 Å². The number of sulfonamides is 1. The van der Waals surface area contributed by atoms with Crippen molar-refractivity contribution in [1.29, 1.82) is 0 Å². The number of hydrogen-bond donors (Lipinski definition) is 0. The molecule has 27 heavy (non-hydrogen) atoms. The molecule has 0 spiro atoms. The maximum absolute atomic E-state index is 13.0. The Bertz CT molecular complexity index is 938. The van der Waals surface area contributed by atoms with Crippen LogP contribution in [0.15, 0.2) is 47.4 Å². The Labute approximate surface area is 165 Å². The molecule has 3 rings (SSSR count). The smallest absolute Gasteiger partial charge is 0.258 e. The van der Waals surface area contributed by atoms with Gasteiger partial charge in [-0.25, -0.2) is 8.42 Å². The lowest BCUT2D eigenvalue weighted by Crippen LogP contribution is -2.35. The Morgan fingerprint density at radius 1 is 1.11 bits per heavy atom. The Hall–Kier alpha value is -1.89. The van der Waals surface area contributed by atoms with Crippen LogP contribution in [0.5, 0.6) is 0 Å². The summed E-state index contributed by atoms with van der Waals surface area (Å²) < 4.78 is 26.6. The van der Waals surface area contributed by atoms with Crippen molar-refractivity contribution >= 4 is 33.2 Å². The van der Waals surface area contributed by atoms with Crippen molar-refractivity contribution in [3.8, 4) is 0 Å². The molecule has 1 amide bonds. The molecule has 0 fully saturated rings. The summed E-state index contributed by atoms with van der Waals surface area (Å²) >= 11 is 6.07. The van der Waals surface area contributed by atoms with E-state index in [0.717, 1.165) is 24.1 Å². The molecule has 0 saturated carbocycles. The number of benzene rings is 2. The average Bonchev–Trinajstić information content (AvgIpc) is 2.67. The first-order chi connectivity index (χ1) is 12.9. The van der Waals surface area contributed by atoms with Crippen LogP contribution < -0.4 is 4.90 Å². The number of anilines is 1. The zero-order chi connectivity index (χ0) is 19.6. The van der Waals surface area contributed by atoms with Crippen LogP contribution in [0.1, 0.15) is 36.2 Å². The predicted molar refractivity (Wildman–Crippen MR) is 108 cm³/mol. The number of carbonyl (C=O) groups is 1. The maximum Gasteiger partial charge on any atom is 0.258 e. The van der Waals surface area contributed by atoms with Crippen molar-refractivity contribution in [3.05, 3.63) is 58.6 Å². The molecule has 1 aliphatic rings. The molecule has 0 N–H and O–H groups in total. The number of fused-ring (bicyclic) bond motifs is 1. The number of hydrogen-bond acceptors (Lipinski definition) is 3. The zero-order valence-corrected chi connectivity index (χ0v) is 17.1. The summed E-state index contributed by atoms with van der Waals surface area (Å²) in [5.74, 6) is -0.134. The molecule has 0 saturated heterocycles. The molecule has 5 nitrogen and oxygen atoms in total. The van der Waals surface area contributed by atoms with E-state index >= 15 is 0 Å². The summed E-state index contributed by atoms with van der Waals surface area (Å²) in [5, 5.41) is 0.661. The second-order valence-electron chi connectivity index (χ2n) is 6.45. The lowest BCUT2D eigenvalue weighted by atomic mass is 10.0. The van der Waals surface area contributed by atoms with Crippen molar-refractivity contribution in [2.45, 2.75) is 31.6 Å². The van der Waals surface area contributed by atoms with Gasteiger partial charge in [-0.3, -0.25) is 4.79 Å². The Kier molecular flexibility index (Phi) is 5.89. The normalized spacial score (nSPS) is 14.3. The molecule has 0 aliphatic carbocycles. The fourth-order valence-corrected chi connectivity index (χ4v) is 5.07. The van der Waals surface area contributed by atoms with E-state index in [1.807, 2.05) is 12.1 Å². The third-order valence-electron chi connectivity index (χ3n) is 4.85. The van der Waals surface area contributed by atoms with Gasteiger partial charge in [-0.1, -0.05) is 25.4 Å². The summed E-state index contributed by atoms with van der Waals surface area (Å²) in [5.41, 5.74) is 2.40. The van der Waals surface area contributed by atoms with Crippen LogP contribution in [-0.4, -0.2) is 38.3 Å². The van der Waals surface area contributed by atoms with E-state index in [1.54, 1.807) is 36.9 Å². The van der Waals surface area contributed by atoms with E-state index in [2.05, 4.69) is 0 Å². The predicted octanol–water partition coefficient (Wildman–Crippen LogP) is 3.96. The van der Waals surface area contributed by atoms with Crippen LogP contribution in [0.2, 0.25) is 5.02 Å². The average molecular weight is 407 g/mol. The molecule has 2 aromatic rings. The standard InChI is InChI=1S/C20H23ClN2O3S/c1-3-22(4-2)27(25,26)18-10-7-15(8-11-18)20(24)23-13-5-6-16-14-17(21)9-12-19(16)23/h7-12,14H,3-6,13H2,1-2H3. The number of rotatable bonds is 5. The first-order valence-corrected chi connectivity index (χ1v) is 10.9. The minimum Gasteiger partial charge on any atom is -0.308 e. The van der Waals surface area contributed by atoms with Crippen molar-refractivity contribution in [3.63, 3.8) is 0 Å². The van der Waals surface area contributed by atoms with Gasteiger partial charge in [0.2, 0.25) is 10.0 Å². The third-order valence-corrected chi connectivity index (χ3v) is 7.15. The SMILES string of the molecule is CCN(CC)S(=O)(=O)c1ccc(C(=O)N2CCCc3cc(Cl)ccc32)cc1. The summed E-state index contributed by atoms with van der Waals surface area (Å²) in [6.45, 7) is 5.06. The van der Waals surface area contributed by atoms with Gasteiger partial charge in [0.1, 0.15) is 0 Å². The van der Waals surface area contributed by atoms with Gasteiger partial charge in [-0.2, -0.15) is 4.31 Å². The van der Waals surface area contributed by atoms with Gasteiger partial charge in [0.15, 0.2) is 0 Å². The molecule has 144 valence electrons. The van der Waals surface area contributed by atoms with Crippen LogP contribution >= 0.6 is 11.6 Å². The van der Waals surface area contributed by atoms with Crippen molar-refractivity contribution in [2.24, 2.45) is 0 Å². The van der Waals surface area contributed by atoms with Gasteiger partial charge in [0, 0.05) is 35.9 Å². The van der Waals surface area contributed by atoms with Crippen LogP contribution in [0.3, 0.4) is 0 Å². The molecule has 0 aromatic heterocycles. The van der Waals surface area contributed by atoms with Gasteiger partial charge in [0.05, 0.1) is 4.90 Å². The molecular weight excluding hydrogens is 384 g/mol. The molecule has 1 aliphatic heterocycles. The van der Waals surface area contributed by atoms with Gasteiger partial charge in [-0.15, -0.1) is 0 Å². The van der Waals surface area contributed by atoms with Crippen LogP contribution in [0.25, 0.3) is 0 Å². The van der Waals surface area contributed by atoms with Crippen LogP contribution in [0, 0.1) is 0 Å². The van der Waals surface area contributed by atoms with E-state index in [4.69, 9.17) is 11.6 Å². The quantitative estimate of drug-likeness (QED) is 0.755. The molecule has 7 heteroatoms. The molecule has 0 radical (unpaired) electrons. The lowest BCUT2D eigenvalue weighted by molar-refractivity contribution is 0.0985. The minimum absolute atomic E-state index is 0.134. The monoisotopic (exact) mass is 406 g/mol. The summed E-state index contributed by atoms with van der Waals surface area (Å²) in [6.07, 6.45) is 1.76. The van der Waals surface area contributed by atoms with E-state index in [-0.39, 0.29) is 10.8 Å². The number of nitrogens with zero attached hydrogens (tertiary/aromatic N) is 2. The minimum atomic E-state index is -3.53. The summed E-state index contributed by atoms with van der Waals surface area (Å²) in [4.78, 5) is 14.9. The second-order valence-corrected chi connectivity index (χ2v) is 8.82. The van der Waals surface area contributed by atoms with Crippen molar-refractivity contribution < 1.29 is 13.2 Å². The molecule has 2 aromatic carbocycles. The number of carbonyl (C=O) groups excluding carboxylic acids is 1. The van der Waals surface area contributed by atoms with Crippen molar-refractivity contribution in [2.75, 3.05) is 24.5 Å². The molecule has 0 unspecified atom stereocenters. The van der Waals surface area contributed by atoms with E-state index in [0.29, 0.717) is 30.2 Å². The fraction of sp³-hybridized carbons (Fsp3) is 0.350. The second kappa shape index (κ2) is 8.00. The molecular formula is C20H23ClN2O3S. The summed E-state index contributed by atoms with van der Waals surface area (Å²) in [6, 6.07) is 11.7. The number of halogens is 1. The van der Waals surface area contributed by atoms with Crippen LogP contribution in [0.4, 0.5) is 5.69 Å². The zero-order valence-electron chi connectivity index (χ0n) is 15.5. The maximum atomic E-state index is 13.0. The molecule has 1 heterocycles.